The van der Waals surface area contributed by atoms with Gasteiger partial charge in [0.2, 0.25) is 0 Å². The molecule has 0 saturated carbocycles. The molecule has 1 aromatic heterocycles. The van der Waals surface area contributed by atoms with E-state index in [1.165, 1.54) is 10.9 Å². The molecule has 1 aromatic carbocycles. The van der Waals surface area contributed by atoms with Crippen LogP contribution in [0, 0.1) is 0 Å². The third kappa shape index (κ3) is 1.82. The van der Waals surface area contributed by atoms with Crippen LogP contribution in [0.25, 0.3) is 16.5 Å². The van der Waals surface area contributed by atoms with Crippen LogP contribution in [0.4, 0.5) is 0 Å². The summed E-state index contributed by atoms with van der Waals surface area (Å²) in [6, 6.07) is 8.38. The van der Waals surface area contributed by atoms with Gasteiger partial charge >= 0.3 is 0 Å². The SMILES string of the molecule is C=C1c2[nH]c3ccccc3c2CCN2CC[C@]1(O)C(=CC)C2. The lowest BCUT2D eigenvalue weighted by atomic mass is 9.79. The van der Waals surface area contributed by atoms with E-state index in [0.29, 0.717) is 0 Å². The van der Waals surface area contributed by atoms with Gasteiger partial charge in [-0.05, 0) is 37.0 Å². The molecule has 4 heterocycles. The minimum absolute atomic E-state index is 0.723. The number of hydrogen-bond donors (Lipinski definition) is 2. The van der Waals surface area contributed by atoms with Gasteiger partial charge in [-0.1, -0.05) is 30.9 Å². The van der Waals surface area contributed by atoms with Crippen molar-refractivity contribution in [2.45, 2.75) is 25.4 Å². The van der Waals surface area contributed by atoms with Crippen molar-refractivity contribution in [3.8, 4) is 0 Å². The summed E-state index contributed by atoms with van der Waals surface area (Å²) >= 11 is 0. The number of piperidine rings is 1. The highest BCUT2D eigenvalue weighted by Gasteiger charge is 2.41. The maximum atomic E-state index is 11.3. The number of hydrogen-bond acceptors (Lipinski definition) is 2. The Bertz CT molecular complexity index is 786. The van der Waals surface area contributed by atoms with Crippen LogP contribution < -0.4 is 0 Å². The fourth-order valence-electron chi connectivity index (χ4n) is 3.99. The predicted molar refractivity (Wildman–Crippen MR) is 90.8 cm³/mol. The Kier molecular flexibility index (Phi) is 3.03. The average Bonchev–Trinajstić information content (AvgIpc) is 2.93. The Hall–Kier alpha value is -1.84. The van der Waals surface area contributed by atoms with Gasteiger partial charge in [0.05, 0.1) is 0 Å². The number of aromatic amines is 1. The maximum absolute atomic E-state index is 11.3. The minimum atomic E-state index is -0.911. The lowest BCUT2D eigenvalue weighted by molar-refractivity contribution is 0.0788. The third-order valence-electron chi connectivity index (χ3n) is 5.36. The zero-order valence-electron chi connectivity index (χ0n) is 13.0. The maximum Gasteiger partial charge on any atom is 0.114 e. The number of aliphatic hydroxyl groups is 1. The van der Waals surface area contributed by atoms with Crippen molar-refractivity contribution in [3.63, 3.8) is 0 Å². The van der Waals surface area contributed by atoms with Gasteiger partial charge in [0.1, 0.15) is 5.60 Å². The summed E-state index contributed by atoms with van der Waals surface area (Å²) in [7, 11) is 0. The molecule has 1 saturated heterocycles. The highest BCUT2D eigenvalue weighted by atomic mass is 16.3. The number of allylic oxidation sites excluding steroid dienone is 1. The smallest absolute Gasteiger partial charge is 0.114 e. The largest absolute Gasteiger partial charge is 0.381 e. The number of aromatic nitrogens is 1. The molecule has 2 bridgehead atoms. The Morgan fingerprint density at radius 2 is 2.14 bits per heavy atom. The number of nitrogens with zero attached hydrogens (tertiary/aromatic N) is 1. The van der Waals surface area contributed by atoms with Gasteiger partial charge in [-0.3, -0.25) is 4.90 Å². The van der Waals surface area contributed by atoms with E-state index in [1.54, 1.807) is 0 Å². The standard InChI is InChI=1S/C19H22N2O/c1-3-14-12-21-10-8-16-15-6-4-5-7-17(15)20-18(16)13(2)19(14,22)9-11-21/h3-7,20,22H,2,8-12H2,1H3/t19-/m1/s1. The Labute approximate surface area is 130 Å². The molecule has 1 fully saturated rings. The second kappa shape index (κ2) is 4.83. The van der Waals surface area contributed by atoms with Crippen LogP contribution in [-0.4, -0.2) is 40.2 Å². The third-order valence-corrected chi connectivity index (χ3v) is 5.36. The van der Waals surface area contributed by atoms with Gasteiger partial charge in [0.25, 0.3) is 0 Å². The second-order valence-corrected chi connectivity index (χ2v) is 6.45. The van der Waals surface area contributed by atoms with E-state index in [-0.39, 0.29) is 0 Å². The lowest BCUT2D eigenvalue weighted by Gasteiger charge is -2.40. The summed E-state index contributed by atoms with van der Waals surface area (Å²) in [4.78, 5) is 5.95. The van der Waals surface area contributed by atoms with E-state index in [0.717, 1.165) is 54.8 Å². The van der Waals surface area contributed by atoms with Crippen molar-refractivity contribution < 1.29 is 5.11 Å². The molecule has 2 aromatic rings. The molecule has 3 aliphatic heterocycles. The van der Waals surface area contributed by atoms with Crippen LogP contribution in [0.2, 0.25) is 0 Å². The van der Waals surface area contributed by atoms with Crippen LogP contribution in [0.5, 0.6) is 0 Å². The molecule has 1 unspecified atom stereocenters. The van der Waals surface area contributed by atoms with Crippen LogP contribution in [0.1, 0.15) is 24.6 Å². The van der Waals surface area contributed by atoms with Crippen molar-refractivity contribution in [1.29, 1.82) is 0 Å². The molecule has 0 spiro atoms. The van der Waals surface area contributed by atoms with Gasteiger partial charge in [-0.15, -0.1) is 0 Å². The fourth-order valence-corrected chi connectivity index (χ4v) is 3.99. The molecule has 114 valence electrons. The first-order chi connectivity index (χ1) is 10.6. The highest BCUT2D eigenvalue weighted by molar-refractivity contribution is 5.91. The van der Waals surface area contributed by atoms with Crippen LogP contribution >= 0.6 is 0 Å². The van der Waals surface area contributed by atoms with Crippen molar-refractivity contribution >= 4 is 16.5 Å². The number of nitrogens with one attached hydrogen (secondary N) is 1. The molecule has 0 radical (unpaired) electrons. The number of fused-ring (bicyclic) bond motifs is 4. The van der Waals surface area contributed by atoms with E-state index in [1.807, 2.05) is 13.0 Å². The molecule has 3 aliphatic rings. The molecular weight excluding hydrogens is 272 g/mol. The quantitative estimate of drug-likeness (QED) is 0.733. The molecule has 3 nitrogen and oxygen atoms in total. The van der Waals surface area contributed by atoms with Crippen molar-refractivity contribution in [1.82, 2.24) is 9.88 Å². The molecular formula is C19H22N2O. The zero-order valence-corrected chi connectivity index (χ0v) is 13.0. The molecule has 5 rings (SSSR count). The summed E-state index contributed by atoms with van der Waals surface area (Å²) in [5.41, 5.74) is 4.45. The van der Waals surface area contributed by atoms with Gasteiger partial charge < -0.3 is 10.1 Å². The first kappa shape index (κ1) is 13.8. The van der Waals surface area contributed by atoms with Gasteiger partial charge in [0, 0.05) is 41.8 Å². The summed E-state index contributed by atoms with van der Waals surface area (Å²) in [5, 5.41) is 12.6. The topological polar surface area (TPSA) is 39.3 Å². The number of benzene rings is 1. The summed E-state index contributed by atoms with van der Waals surface area (Å²) in [5.74, 6) is 0. The highest BCUT2D eigenvalue weighted by Crippen LogP contribution is 2.42. The molecule has 3 heteroatoms. The second-order valence-electron chi connectivity index (χ2n) is 6.45. The first-order valence-electron chi connectivity index (χ1n) is 8.03. The van der Waals surface area contributed by atoms with Crippen molar-refractivity contribution in [2.75, 3.05) is 19.6 Å². The lowest BCUT2D eigenvalue weighted by Crippen LogP contribution is -2.46. The van der Waals surface area contributed by atoms with E-state index >= 15 is 0 Å². The number of para-hydroxylation sites is 1. The van der Waals surface area contributed by atoms with E-state index in [2.05, 4.69) is 40.7 Å². The van der Waals surface area contributed by atoms with E-state index < -0.39 is 5.60 Å². The van der Waals surface area contributed by atoms with Crippen molar-refractivity contribution in [2.24, 2.45) is 0 Å². The molecule has 0 amide bonds. The first-order valence-corrected chi connectivity index (χ1v) is 8.03. The zero-order chi connectivity index (χ0) is 15.3. The number of H-pyrrole nitrogens is 1. The van der Waals surface area contributed by atoms with Gasteiger partial charge in [-0.25, -0.2) is 0 Å². The Morgan fingerprint density at radius 1 is 1.32 bits per heavy atom. The van der Waals surface area contributed by atoms with Crippen LogP contribution in [0.15, 0.2) is 42.5 Å². The minimum Gasteiger partial charge on any atom is -0.381 e. The van der Waals surface area contributed by atoms with Crippen LogP contribution in [-0.2, 0) is 6.42 Å². The average molecular weight is 294 g/mol. The normalized spacial score (nSPS) is 30.2. The summed E-state index contributed by atoms with van der Waals surface area (Å²) < 4.78 is 0. The number of rotatable bonds is 0. The van der Waals surface area contributed by atoms with Gasteiger partial charge in [0.15, 0.2) is 0 Å². The predicted octanol–water partition coefficient (Wildman–Crippen LogP) is 3.12. The molecule has 2 N–H and O–H groups in total. The fraction of sp³-hybridized carbons (Fsp3) is 0.368. The summed E-state index contributed by atoms with van der Waals surface area (Å²) in [6.45, 7) is 9.11. The molecule has 0 aliphatic carbocycles. The monoisotopic (exact) mass is 294 g/mol. The van der Waals surface area contributed by atoms with Gasteiger partial charge in [-0.2, -0.15) is 0 Å². The van der Waals surface area contributed by atoms with Crippen molar-refractivity contribution in [3.05, 3.63) is 53.8 Å². The Morgan fingerprint density at radius 3 is 2.95 bits per heavy atom. The van der Waals surface area contributed by atoms with Crippen LogP contribution in [0.3, 0.4) is 0 Å². The molecule has 2 atom stereocenters. The Balaban J connectivity index is 1.96. The van der Waals surface area contributed by atoms with E-state index in [9.17, 15) is 5.11 Å². The van der Waals surface area contributed by atoms with E-state index in [4.69, 9.17) is 0 Å². The molecule has 22 heavy (non-hydrogen) atoms. The summed E-state index contributed by atoms with van der Waals surface area (Å²) in [6.07, 6.45) is 3.77.